The summed E-state index contributed by atoms with van der Waals surface area (Å²) >= 11 is 0. The number of amides is 1. The van der Waals surface area contributed by atoms with Crippen LogP contribution in [0.1, 0.15) is 106 Å². The average molecular weight is 624 g/mol. The van der Waals surface area contributed by atoms with Crippen molar-refractivity contribution in [1.82, 2.24) is 0 Å². The molecule has 1 saturated carbocycles. The average Bonchev–Trinajstić information content (AvgIpc) is 3.00. The van der Waals surface area contributed by atoms with Crippen LogP contribution in [0, 0.1) is 35.0 Å². The summed E-state index contributed by atoms with van der Waals surface area (Å²) in [5, 5.41) is 12.3. The van der Waals surface area contributed by atoms with Crippen molar-refractivity contribution in [2.45, 2.75) is 118 Å². The number of nitrogens with zero attached hydrogens (tertiary/aromatic N) is 1. The molecule has 1 amide bonds. The number of benzene rings is 1. The maximum absolute atomic E-state index is 16.2. The molecule has 1 aromatic rings. The van der Waals surface area contributed by atoms with E-state index in [1.54, 1.807) is 20.8 Å². The second kappa shape index (κ2) is 14.7. The van der Waals surface area contributed by atoms with Crippen LogP contribution >= 0.6 is 0 Å². The molecule has 7 heteroatoms. The van der Waals surface area contributed by atoms with E-state index in [0.717, 1.165) is 25.3 Å². The first-order valence-corrected chi connectivity index (χ1v) is 16.6. The fraction of sp³-hybridized carbons (Fsp3) is 0.632. The largest absolute Gasteiger partial charge is 0.457 e. The third-order valence-corrected chi connectivity index (χ3v) is 11.0. The molecule has 1 saturated heterocycles. The molecule has 9 atom stereocenters. The summed E-state index contributed by atoms with van der Waals surface area (Å²) < 4.78 is 21.9. The molecule has 1 aliphatic carbocycles. The van der Waals surface area contributed by atoms with E-state index in [0.29, 0.717) is 25.0 Å². The lowest BCUT2D eigenvalue weighted by Gasteiger charge is -2.45. The molecule has 2 aliphatic rings. The zero-order valence-corrected chi connectivity index (χ0v) is 28.7. The Kier molecular flexibility index (Phi) is 11.9. The Morgan fingerprint density at radius 2 is 1.71 bits per heavy atom. The highest BCUT2D eigenvalue weighted by Crippen LogP contribution is 2.48. The number of cyclic esters (lactones) is 1. The van der Waals surface area contributed by atoms with E-state index in [2.05, 4.69) is 37.1 Å². The zero-order valence-electron chi connectivity index (χ0n) is 28.7. The first kappa shape index (κ1) is 36.5. The Morgan fingerprint density at radius 3 is 2.31 bits per heavy atom. The van der Waals surface area contributed by atoms with Crippen LogP contribution < -0.4 is 0 Å². The van der Waals surface area contributed by atoms with E-state index in [4.69, 9.17) is 4.74 Å². The van der Waals surface area contributed by atoms with E-state index in [-0.39, 0.29) is 30.1 Å². The van der Waals surface area contributed by atoms with Crippen LogP contribution in [0.3, 0.4) is 0 Å². The van der Waals surface area contributed by atoms with Crippen molar-refractivity contribution in [2.75, 3.05) is 0 Å². The maximum Gasteiger partial charge on any atom is 0.351 e. The number of esters is 1. The number of carbonyl (C=O) groups excluding carboxylic acids is 3. The van der Waals surface area contributed by atoms with Crippen LogP contribution in [0.15, 0.2) is 53.0 Å². The van der Waals surface area contributed by atoms with Gasteiger partial charge in [-0.05, 0) is 81.1 Å². The minimum absolute atomic E-state index is 0.150. The molecular weight excluding hydrogens is 569 g/mol. The molecule has 1 N–H and O–H groups in total. The minimum atomic E-state index is -2.86. The van der Waals surface area contributed by atoms with Gasteiger partial charge in [0.1, 0.15) is 11.7 Å². The minimum Gasteiger partial charge on any atom is -0.457 e. The number of alkyl halides is 1. The summed E-state index contributed by atoms with van der Waals surface area (Å²) in [6.45, 7) is 15.7. The van der Waals surface area contributed by atoms with Gasteiger partial charge in [0.15, 0.2) is 5.78 Å². The lowest BCUT2D eigenvalue weighted by Crippen LogP contribution is -2.55. The molecule has 0 unspecified atom stereocenters. The summed E-state index contributed by atoms with van der Waals surface area (Å²) in [5.74, 6) is -4.46. The molecule has 2 bridgehead atoms. The number of aliphatic imine (C=N–C) groups is 1. The van der Waals surface area contributed by atoms with E-state index < -0.39 is 46.4 Å². The molecular formula is C38H54FNO5. The monoisotopic (exact) mass is 623 g/mol. The van der Waals surface area contributed by atoms with Gasteiger partial charge >= 0.3 is 5.97 Å². The number of hydrogen-bond donors (Lipinski definition) is 1. The van der Waals surface area contributed by atoms with Crippen molar-refractivity contribution in [3.63, 3.8) is 0 Å². The van der Waals surface area contributed by atoms with Gasteiger partial charge in [0.25, 0.3) is 5.67 Å². The maximum atomic E-state index is 16.2. The van der Waals surface area contributed by atoms with Gasteiger partial charge in [-0.15, -0.1) is 0 Å². The Morgan fingerprint density at radius 1 is 1.07 bits per heavy atom. The summed E-state index contributed by atoms with van der Waals surface area (Å²) in [7, 11) is 0. The second-order valence-electron chi connectivity index (χ2n) is 14.3. The fourth-order valence-electron chi connectivity index (χ4n) is 7.81. The van der Waals surface area contributed by atoms with Crippen LogP contribution in [0.5, 0.6) is 0 Å². The van der Waals surface area contributed by atoms with Crippen molar-refractivity contribution in [2.24, 2.45) is 40.0 Å². The predicted octanol–water partition coefficient (Wildman–Crippen LogP) is 8.13. The van der Waals surface area contributed by atoms with Gasteiger partial charge < -0.3 is 9.84 Å². The molecule has 0 spiro atoms. The van der Waals surface area contributed by atoms with Crippen LogP contribution in [0.25, 0.3) is 6.08 Å². The number of aliphatic hydroxyl groups is 1. The van der Waals surface area contributed by atoms with Crippen LogP contribution in [-0.2, 0) is 19.1 Å². The van der Waals surface area contributed by atoms with Gasteiger partial charge in [0.05, 0.1) is 0 Å². The van der Waals surface area contributed by atoms with E-state index in [9.17, 15) is 19.5 Å². The Balaban J connectivity index is 2.28. The van der Waals surface area contributed by atoms with Crippen LogP contribution in [-0.4, -0.2) is 45.9 Å². The van der Waals surface area contributed by atoms with Crippen LogP contribution in [0.4, 0.5) is 4.39 Å². The number of ketones is 1. The highest BCUT2D eigenvalue weighted by Gasteiger charge is 2.53. The molecule has 1 aromatic carbocycles. The lowest BCUT2D eigenvalue weighted by atomic mass is 9.62. The molecule has 6 nitrogen and oxygen atoms in total. The fourth-order valence-corrected chi connectivity index (χ4v) is 7.81. The van der Waals surface area contributed by atoms with Gasteiger partial charge in [0, 0.05) is 24.5 Å². The SMILES string of the molecule is CC[C@H]1OC(=O)[C@@](C)(F)C(=O)[C@H](C)[C@@H](C)[C@]2(C)CC/C(=C/C=C/c3ccccc3)CC[C@H]([C@@H](C)/C(=N/C(C)=O)[C@H](C)C2)[C@]1(C)O. The topological polar surface area (TPSA) is 93.0 Å². The smallest absolute Gasteiger partial charge is 0.351 e. The number of hydrogen-bond acceptors (Lipinski definition) is 5. The standard InChI is InChI=1S/C38H54FNO5/c1-10-32-38(9,44)31-20-19-30(18-14-17-29-15-12-11-13-16-29)21-22-36(7,23-24(2)33(26(31)4)40-28(6)41)27(5)25(3)34(42)37(8,39)35(43)45-32/h11-18,24-27,31-32,44H,10,19-23H2,1-9H3/b17-14+,30-18+,40-33+/t24-,25-,26-,27-,31-,32-,36-,37+,38+/m1/s1. The predicted molar refractivity (Wildman–Crippen MR) is 178 cm³/mol. The molecule has 1 aliphatic heterocycles. The quantitative estimate of drug-likeness (QED) is 0.271. The van der Waals surface area contributed by atoms with Gasteiger partial charge in [-0.1, -0.05) is 95.7 Å². The summed E-state index contributed by atoms with van der Waals surface area (Å²) in [6, 6.07) is 10.1. The van der Waals surface area contributed by atoms with Crippen molar-refractivity contribution in [3.05, 3.63) is 53.6 Å². The van der Waals surface area contributed by atoms with Crippen molar-refractivity contribution >= 4 is 29.4 Å². The highest BCUT2D eigenvalue weighted by atomic mass is 19.1. The number of Topliss-reactive ketones (excluding diaryl/α,β-unsaturated/α-hetero) is 1. The van der Waals surface area contributed by atoms with Crippen molar-refractivity contribution in [1.29, 1.82) is 0 Å². The molecule has 0 aromatic heterocycles. The number of carbonyl (C=O) groups is 3. The normalized spacial score (nSPS) is 39.3. The molecule has 3 rings (SSSR count). The highest BCUT2D eigenvalue weighted by molar-refractivity contribution is 6.07. The van der Waals surface area contributed by atoms with E-state index in [1.165, 1.54) is 12.5 Å². The van der Waals surface area contributed by atoms with E-state index in [1.807, 2.05) is 44.2 Å². The third kappa shape index (κ3) is 8.27. The van der Waals surface area contributed by atoms with Crippen molar-refractivity contribution < 1.29 is 28.6 Å². The molecule has 45 heavy (non-hydrogen) atoms. The Labute approximate surface area is 269 Å². The number of rotatable bonds is 3. The zero-order chi connectivity index (χ0) is 33.7. The molecule has 1 heterocycles. The van der Waals surface area contributed by atoms with Gasteiger partial charge in [-0.2, -0.15) is 0 Å². The van der Waals surface area contributed by atoms with Crippen molar-refractivity contribution in [3.8, 4) is 0 Å². The second-order valence-corrected chi connectivity index (χ2v) is 14.3. The Hall–Kier alpha value is -2.93. The lowest BCUT2D eigenvalue weighted by molar-refractivity contribution is -0.186. The first-order valence-electron chi connectivity index (χ1n) is 16.6. The summed E-state index contributed by atoms with van der Waals surface area (Å²) in [5.41, 5.74) is -1.94. The third-order valence-electron chi connectivity index (χ3n) is 11.0. The summed E-state index contributed by atoms with van der Waals surface area (Å²) in [6.07, 6.45) is 8.66. The van der Waals surface area contributed by atoms with Crippen LogP contribution in [0.2, 0.25) is 0 Å². The van der Waals surface area contributed by atoms with E-state index >= 15 is 4.39 Å². The molecule has 248 valence electrons. The summed E-state index contributed by atoms with van der Waals surface area (Å²) in [4.78, 5) is 44.1. The van der Waals surface area contributed by atoms with Gasteiger partial charge in [-0.3, -0.25) is 9.59 Å². The number of fused-ring (bicyclic) bond motifs is 5. The molecule has 0 radical (unpaired) electrons. The number of ether oxygens (including phenoxy) is 1. The van der Waals surface area contributed by atoms with Gasteiger partial charge in [0.2, 0.25) is 5.91 Å². The van der Waals surface area contributed by atoms with Gasteiger partial charge in [-0.25, -0.2) is 14.2 Å². The number of halogens is 1. The first-order chi connectivity index (χ1) is 21.0. The Bertz CT molecular complexity index is 1310. The number of allylic oxidation sites excluding steroid dienone is 3. The molecule has 2 fully saturated rings.